The molecule has 0 radical (unpaired) electrons. The average Bonchev–Trinajstić information content (AvgIpc) is 2.54. The number of methoxy groups -OCH3 is 1. The van der Waals surface area contributed by atoms with Crippen molar-refractivity contribution in [2.24, 2.45) is 0 Å². The maximum Gasteiger partial charge on any atom is 0.252 e. The third-order valence-electron chi connectivity index (χ3n) is 3.29. The summed E-state index contributed by atoms with van der Waals surface area (Å²) >= 11 is 0. The molecule has 114 valence electrons. The van der Waals surface area contributed by atoms with Crippen LogP contribution in [0.4, 0.5) is 0 Å². The molecule has 0 saturated carbocycles. The lowest BCUT2D eigenvalue weighted by molar-refractivity contribution is -0.143. The van der Waals surface area contributed by atoms with E-state index in [0.717, 1.165) is 0 Å². The molecular weight excluding hydrogens is 274 g/mol. The van der Waals surface area contributed by atoms with Crippen molar-refractivity contribution in [3.05, 3.63) is 29.6 Å². The van der Waals surface area contributed by atoms with Gasteiger partial charge in [0.25, 0.3) is 5.91 Å². The summed E-state index contributed by atoms with van der Waals surface area (Å²) < 4.78 is 10.5. The molecule has 1 fully saturated rings. The Morgan fingerprint density at radius 2 is 2.33 bits per heavy atom. The smallest absolute Gasteiger partial charge is 0.252 e. The van der Waals surface area contributed by atoms with Gasteiger partial charge in [-0.25, -0.2) is 0 Å². The van der Waals surface area contributed by atoms with Crippen LogP contribution in [0.25, 0.3) is 0 Å². The monoisotopic (exact) mass is 293 g/mol. The topological polar surface area (TPSA) is 80.8 Å². The molecule has 1 unspecified atom stereocenters. The van der Waals surface area contributed by atoms with Gasteiger partial charge in [-0.15, -0.1) is 0 Å². The number of nitrogens with one attached hydrogen (secondary N) is 1. The Kier molecular flexibility index (Phi) is 5.24. The van der Waals surface area contributed by atoms with Crippen LogP contribution in [0.15, 0.2) is 18.3 Å². The Balaban J connectivity index is 2.04. The van der Waals surface area contributed by atoms with Gasteiger partial charge in [0.2, 0.25) is 5.91 Å². The third-order valence-corrected chi connectivity index (χ3v) is 3.29. The zero-order chi connectivity index (χ0) is 15.2. The Hall–Kier alpha value is -1.99. The van der Waals surface area contributed by atoms with Crippen molar-refractivity contribution in [2.45, 2.75) is 6.10 Å². The van der Waals surface area contributed by atoms with Crippen molar-refractivity contribution >= 4 is 11.8 Å². The van der Waals surface area contributed by atoms with Crippen molar-refractivity contribution in [3.8, 4) is 0 Å². The number of hydrogen-bond acceptors (Lipinski definition) is 5. The maximum absolute atomic E-state index is 11.8. The lowest BCUT2D eigenvalue weighted by Crippen LogP contribution is -2.43. The zero-order valence-electron chi connectivity index (χ0n) is 12.2. The van der Waals surface area contributed by atoms with Gasteiger partial charge in [0.15, 0.2) is 0 Å². The van der Waals surface area contributed by atoms with Crippen LogP contribution < -0.4 is 5.32 Å². The van der Waals surface area contributed by atoms with Crippen LogP contribution in [-0.4, -0.2) is 62.2 Å². The van der Waals surface area contributed by atoms with Crippen LogP contribution in [0, 0.1) is 0 Å². The second kappa shape index (κ2) is 7.14. The van der Waals surface area contributed by atoms with Gasteiger partial charge in [-0.05, 0) is 12.1 Å². The first kappa shape index (κ1) is 15.4. The lowest BCUT2D eigenvalue weighted by atomic mass is 10.1. The summed E-state index contributed by atoms with van der Waals surface area (Å²) in [6.45, 7) is 1.51. The predicted molar refractivity (Wildman–Crippen MR) is 74.8 cm³/mol. The van der Waals surface area contributed by atoms with E-state index in [1.54, 1.807) is 24.1 Å². The van der Waals surface area contributed by atoms with Crippen molar-refractivity contribution in [2.75, 3.05) is 40.5 Å². The van der Waals surface area contributed by atoms with E-state index in [1.807, 2.05) is 0 Å². The molecule has 1 aliphatic heterocycles. The summed E-state index contributed by atoms with van der Waals surface area (Å²) in [4.78, 5) is 29.3. The van der Waals surface area contributed by atoms with Crippen LogP contribution in [0.3, 0.4) is 0 Å². The van der Waals surface area contributed by atoms with Crippen LogP contribution in [-0.2, 0) is 14.3 Å². The van der Waals surface area contributed by atoms with Crippen LogP contribution in [0.5, 0.6) is 0 Å². The predicted octanol–water partition coefficient (Wildman–Crippen LogP) is -0.0125. The molecule has 1 N–H and O–H groups in total. The minimum absolute atomic E-state index is 0.0622. The van der Waals surface area contributed by atoms with Gasteiger partial charge in [-0.1, -0.05) is 0 Å². The Bertz CT molecular complexity index is 503. The summed E-state index contributed by atoms with van der Waals surface area (Å²) in [6.07, 6.45) is 1.23. The second-order valence-corrected chi connectivity index (χ2v) is 4.68. The molecule has 2 rings (SSSR count). The highest BCUT2D eigenvalue weighted by molar-refractivity contribution is 5.93. The molecule has 2 amide bonds. The SMILES string of the molecule is CNC(=O)c1ccc(C2CN(C(=O)COC)CCO2)nc1. The number of morpholine rings is 1. The summed E-state index contributed by atoms with van der Waals surface area (Å²) in [5.41, 5.74) is 1.20. The highest BCUT2D eigenvalue weighted by Crippen LogP contribution is 2.20. The third kappa shape index (κ3) is 3.77. The van der Waals surface area contributed by atoms with Crippen molar-refractivity contribution in [1.82, 2.24) is 15.2 Å². The molecule has 1 saturated heterocycles. The van der Waals surface area contributed by atoms with E-state index in [2.05, 4.69) is 10.3 Å². The molecule has 0 aliphatic carbocycles. The van der Waals surface area contributed by atoms with E-state index >= 15 is 0 Å². The van der Waals surface area contributed by atoms with Gasteiger partial charge in [-0.2, -0.15) is 0 Å². The quantitative estimate of drug-likeness (QED) is 0.844. The molecule has 1 atom stereocenters. The summed E-state index contributed by atoms with van der Waals surface area (Å²) in [7, 11) is 3.06. The van der Waals surface area contributed by atoms with E-state index in [0.29, 0.717) is 31.0 Å². The molecule has 1 aromatic heterocycles. The Labute approximate surface area is 123 Å². The van der Waals surface area contributed by atoms with Gasteiger partial charge < -0.3 is 19.7 Å². The van der Waals surface area contributed by atoms with E-state index in [9.17, 15) is 9.59 Å². The molecule has 7 nitrogen and oxygen atoms in total. The number of pyridine rings is 1. The number of ether oxygens (including phenoxy) is 2. The number of rotatable bonds is 4. The van der Waals surface area contributed by atoms with Gasteiger partial charge in [-0.3, -0.25) is 14.6 Å². The molecular formula is C14H19N3O4. The molecule has 21 heavy (non-hydrogen) atoms. The minimum atomic E-state index is -0.279. The fourth-order valence-corrected chi connectivity index (χ4v) is 2.14. The van der Waals surface area contributed by atoms with Crippen LogP contribution in [0.2, 0.25) is 0 Å². The summed E-state index contributed by atoms with van der Waals surface area (Å²) in [6, 6.07) is 3.44. The summed E-state index contributed by atoms with van der Waals surface area (Å²) in [5.74, 6) is -0.247. The van der Waals surface area contributed by atoms with Crippen molar-refractivity contribution in [3.63, 3.8) is 0 Å². The Morgan fingerprint density at radius 1 is 1.52 bits per heavy atom. The fraction of sp³-hybridized carbons (Fsp3) is 0.500. The minimum Gasteiger partial charge on any atom is -0.375 e. The van der Waals surface area contributed by atoms with Gasteiger partial charge in [0.05, 0.1) is 24.4 Å². The first-order valence-electron chi connectivity index (χ1n) is 6.72. The molecule has 1 aliphatic rings. The normalized spacial score (nSPS) is 18.4. The highest BCUT2D eigenvalue weighted by atomic mass is 16.5. The van der Waals surface area contributed by atoms with E-state index < -0.39 is 0 Å². The highest BCUT2D eigenvalue weighted by Gasteiger charge is 2.26. The van der Waals surface area contributed by atoms with Gasteiger partial charge in [0, 0.05) is 26.9 Å². The second-order valence-electron chi connectivity index (χ2n) is 4.68. The molecule has 0 aromatic carbocycles. The van der Waals surface area contributed by atoms with E-state index in [-0.39, 0.29) is 24.5 Å². The van der Waals surface area contributed by atoms with Crippen molar-refractivity contribution in [1.29, 1.82) is 0 Å². The zero-order valence-corrected chi connectivity index (χ0v) is 12.2. The Morgan fingerprint density at radius 3 is 2.95 bits per heavy atom. The first-order chi connectivity index (χ1) is 10.2. The maximum atomic E-state index is 11.8. The van der Waals surface area contributed by atoms with Gasteiger partial charge >= 0.3 is 0 Å². The number of aromatic nitrogens is 1. The fourth-order valence-electron chi connectivity index (χ4n) is 2.14. The van der Waals surface area contributed by atoms with E-state index in [1.165, 1.54) is 13.3 Å². The number of amides is 2. The van der Waals surface area contributed by atoms with E-state index in [4.69, 9.17) is 9.47 Å². The summed E-state index contributed by atoms with van der Waals surface area (Å²) in [5, 5.41) is 2.54. The molecule has 1 aromatic rings. The number of carbonyl (C=O) groups excluding carboxylic acids is 2. The molecule has 0 spiro atoms. The van der Waals surface area contributed by atoms with Crippen LogP contribution in [0.1, 0.15) is 22.2 Å². The lowest BCUT2D eigenvalue weighted by Gasteiger charge is -2.32. The van der Waals surface area contributed by atoms with Gasteiger partial charge in [0.1, 0.15) is 12.7 Å². The van der Waals surface area contributed by atoms with Crippen LogP contribution >= 0.6 is 0 Å². The average molecular weight is 293 g/mol. The molecule has 2 heterocycles. The van der Waals surface area contributed by atoms with Crippen molar-refractivity contribution < 1.29 is 19.1 Å². The first-order valence-corrected chi connectivity index (χ1v) is 6.72. The molecule has 7 heteroatoms. The number of nitrogens with zero attached hydrogens (tertiary/aromatic N) is 2. The molecule has 0 bridgehead atoms. The number of carbonyl (C=O) groups is 2. The standard InChI is InChI=1S/C14H19N3O4/c1-15-14(19)10-3-4-11(16-7-10)12-8-17(5-6-21-12)13(18)9-20-2/h3-4,7,12H,5-6,8-9H2,1-2H3,(H,15,19). The number of hydrogen-bond donors (Lipinski definition) is 1. The largest absolute Gasteiger partial charge is 0.375 e.